The molecule has 1 aromatic rings. The van der Waals surface area contributed by atoms with Gasteiger partial charge in [0, 0.05) is 13.0 Å². The third-order valence-electron chi connectivity index (χ3n) is 3.60. The van der Waals surface area contributed by atoms with Gasteiger partial charge in [-0.3, -0.25) is 4.79 Å². The van der Waals surface area contributed by atoms with Gasteiger partial charge in [0.05, 0.1) is 19.8 Å². The SMILES string of the molecule is COC(=O)CCCCC(CO)Cc1cccc(C(=O)OC)c1. The third-order valence-corrected chi connectivity index (χ3v) is 3.60. The first-order valence-electron chi connectivity index (χ1n) is 7.45. The summed E-state index contributed by atoms with van der Waals surface area (Å²) in [4.78, 5) is 22.5. The molecule has 1 atom stereocenters. The van der Waals surface area contributed by atoms with Gasteiger partial charge in [-0.2, -0.15) is 0 Å². The number of hydrogen-bond donors (Lipinski definition) is 1. The highest BCUT2D eigenvalue weighted by Gasteiger charge is 2.11. The molecule has 0 aliphatic rings. The molecule has 1 aromatic carbocycles. The van der Waals surface area contributed by atoms with Gasteiger partial charge in [0.25, 0.3) is 0 Å². The summed E-state index contributed by atoms with van der Waals surface area (Å²) in [6.45, 7) is 0.0840. The molecular weight excluding hydrogens is 284 g/mol. The van der Waals surface area contributed by atoms with Crippen molar-refractivity contribution in [2.24, 2.45) is 5.92 Å². The van der Waals surface area contributed by atoms with Gasteiger partial charge in [-0.1, -0.05) is 18.6 Å². The Bertz CT molecular complexity index is 484. The quantitative estimate of drug-likeness (QED) is 0.560. The van der Waals surface area contributed by atoms with Crippen molar-refractivity contribution in [1.29, 1.82) is 0 Å². The molecule has 1 rings (SSSR count). The summed E-state index contributed by atoms with van der Waals surface area (Å²) < 4.78 is 9.30. The van der Waals surface area contributed by atoms with Crippen molar-refractivity contribution in [3.05, 3.63) is 35.4 Å². The number of aliphatic hydroxyl groups is 1. The average Bonchev–Trinajstić information content (AvgIpc) is 2.56. The van der Waals surface area contributed by atoms with Crippen LogP contribution in [0.2, 0.25) is 0 Å². The van der Waals surface area contributed by atoms with E-state index in [1.54, 1.807) is 12.1 Å². The van der Waals surface area contributed by atoms with E-state index in [0.29, 0.717) is 18.4 Å². The molecule has 1 N–H and O–H groups in total. The molecule has 22 heavy (non-hydrogen) atoms. The Morgan fingerprint density at radius 2 is 1.95 bits per heavy atom. The van der Waals surface area contributed by atoms with E-state index < -0.39 is 0 Å². The number of carbonyl (C=O) groups excluding carboxylic acids is 2. The van der Waals surface area contributed by atoms with Gasteiger partial charge < -0.3 is 14.6 Å². The van der Waals surface area contributed by atoms with E-state index in [1.165, 1.54) is 14.2 Å². The fraction of sp³-hybridized carbons (Fsp3) is 0.529. The van der Waals surface area contributed by atoms with Crippen LogP contribution in [0.3, 0.4) is 0 Å². The summed E-state index contributed by atoms with van der Waals surface area (Å²) in [6, 6.07) is 7.25. The summed E-state index contributed by atoms with van der Waals surface area (Å²) >= 11 is 0. The zero-order valence-electron chi connectivity index (χ0n) is 13.2. The minimum absolute atomic E-state index is 0.0840. The first-order valence-corrected chi connectivity index (χ1v) is 7.45. The maximum Gasteiger partial charge on any atom is 0.337 e. The molecule has 0 fully saturated rings. The van der Waals surface area contributed by atoms with Crippen LogP contribution in [-0.2, 0) is 20.7 Å². The second-order valence-corrected chi connectivity index (χ2v) is 5.27. The number of esters is 2. The summed E-state index contributed by atoms with van der Waals surface area (Å²) in [5.41, 5.74) is 1.51. The Morgan fingerprint density at radius 1 is 1.18 bits per heavy atom. The summed E-state index contributed by atoms with van der Waals surface area (Å²) in [6.07, 6.45) is 3.55. The number of hydrogen-bond acceptors (Lipinski definition) is 5. The topological polar surface area (TPSA) is 72.8 Å². The maximum absolute atomic E-state index is 11.5. The number of unbranched alkanes of at least 4 members (excludes halogenated alkanes) is 1. The van der Waals surface area contributed by atoms with Crippen LogP contribution in [-0.4, -0.2) is 37.9 Å². The molecule has 0 amide bonds. The fourth-order valence-electron chi connectivity index (χ4n) is 2.34. The summed E-state index contributed by atoms with van der Waals surface area (Å²) in [5, 5.41) is 9.48. The van der Waals surface area contributed by atoms with Crippen LogP contribution < -0.4 is 0 Å². The molecule has 1 unspecified atom stereocenters. The standard InChI is InChI=1S/C17H24O5/c1-21-16(19)9-4-3-6-14(12-18)10-13-7-5-8-15(11-13)17(20)22-2/h5,7-8,11,14,18H,3-4,6,9-10,12H2,1-2H3. The van der Waals surface area contributed by atoms with Gasteiger partial charge >= 0.3 is 11.9 Å². The number of benzene rings is 1. The number of methoxy groups -OCH3 is 2. The lowest BCUT2D eigenvalue weighted by Crippen LogP contribution is -2.11. The lowest BCUT2D eigenvalue weighted by atomic mass is 9.93. The zero-order chi connectivity index (χ0) is 16.4. The Balaban J connectivity index is 2.48. The summed E-state index contributed by atoms with van der Waals surface area (Å²) in [5.74, 6) is -0.447. The van der Waals surface area contributed by atoms with Crippen LogP contribution in [0.15, 0.2) is 24.3 Å². The molecule has 122 valence electrons. The third kappa shape index (κ3) is 6.26. The Morgan fingerprint density at radius 3 is 2.59 bits per heavy atom. The van der Waals surface area contributed by atoms with Gasteiger partial charge in [0.15, 0.2) is 0 Å². The van der Waals surface area contributed by atoms with Crippen LogP contribution in [0.1, 0.15) is 41.6 Å². The monoisotopic (exact) mass is 308 g/mol. The van der Waals surface area contributed by atoms with E-state index in [9.17, 15) is 14.7 Å². The van der Waals surface area contributed by atoms with Crippen molar-refractivity contribution in [3.63, 3.8) is 0 Å². The van der Waals surface area contributed by atoms with Gasteiger partial charge in [-0.25, -0.2) is 4.79 Å². The Kier molecular flexibility index (Phi) is 8.22. The van der Waals surface area contributed by atoms with Crippen LogP contribution in [0.25, 0.3) is 0 Å². The van der Waals surface area contributed by atoms with Gasteiger partial charge in [-0.05, 0) is 42.9 Å². The van der Waals surface area contributed by atoms with Gasteiger partial charge in [0.2, 0.25) is 0 Å². The Labute approximate surface area is 131 Å². The van der Waals surface area contributed by atoms with Crippen LogP contribution in [0.5, 0.6) is 0 Å². The first kappa shape index (κ1) is 18.2. The molecule has 5 heteroatoms. The molecule has 0 saturated heterocycles. The van der Waals surface area contributed by atoms with E-state index in [4.69, 9.17) is 4.74 Å². The summed E-state index contributed by atoms with van der Waals surface area (Å²) in [7, 11) is 2.74. The molecule has 0 aliphatic heterocycles. The van der Waals surface area contributed by atoms with E-state index in [-0.39, 0.29) is 24.5 Å². The molecule has 0 spiro atoms. The fourth-order valence-corrected chi connectivity index (χ4v) is 2.34. The lowest BCUT2D eigenvalue weighted by Gasteiger charge is -2.14. The van der Waals surface area contributed by atoms with E-state index >= 15 is 0 Å². The largest absolute Gasteiger partial charge is 0.469 e. The number of ether oxygens (including phenoxy) is 2. The van der Waals surface area contributed by atoms with Crippen molar-refractivity contribution in [2.45, 2.75) is 32.1 Å². The second-order valence-electron chi connectivity index (χ2n) is 5.27. The first-order chi connectivity index (χ1) is 10.6. The van der Waals surface area contributed by atoms with Crippen molar-refractivity contribution in [2.75, 3.05) is 20.8 Å². The highest BCUT2D eigenvalue weighted by molar-refractivity contribution is 5.89. The number of aliphatic hydroxyl groups excluding tert-OH is 1. The van der Waals surface area contributed by atoms with Crippen LogP contribution >= 0.6 is 0 Å². The van der Waals surface area contributed by atoms with Crippen LogP contribution in [0.4, 0.5) is 0 Å². The highest BCUT2D eigenvalue weighted by atomic mass is 16.5. The minimum Gasteiger partial charge on any atom is -0.469 e. The van der Waals surface area contributed by atoms with Gasteiger partial charge in [0.1, 0.15) is 0 Å². The minimum atomic E-state index is -0.361. The predicted molar refractivity (Wildman–Crippen MR) is 82.5 cm³/mol. The van der Waals surface area contributed by atoms with E-state index in [2.05, 4.69) is 4.74 Å². The predicted octanol–water partition coefficient (Wildman–Crippen LogP) is 2.36. The maximum atomic E-state index is 11.5. The highest BCUT2D eigenvalue weighted by Crippen LogP contribution is 2.17. The average molecular weight is 308 g/mol. The lowest BCUT2D eigenvalue weighted by molar-refractivity contribution is -0.140. The van der Waals surface area contributed by atoms with Gasteiger partial charge in [-0.15, -0.1) is 0 Å². The second kappa shape index (κ2) is 9.95. The van der Waals surface area contributed by atoms with Crippen molar-refractivity contribution in [1.82, 2.24) is 0 Å². The normalized spacial score (nSPS) is 11.8. The molecule has 0 bridgehead atoms. The Hall–Kier alpha value is -1.88. The van der Waals surface area contributed by atoms with Crippen molar-refractivity contribution in [3.8, 4) is 0 Å². The molecule has 0 radical (unpaired) electrons. The van der Waals surface area contributed by atoms with E-state index in [0.717, 1.165) is 24.8 Å². The van der Waals surface area contributed by atoms with E-state index in [1.807, 2.05) is 12.1 Å². The molecule has 0 saturated carbocycles. The molecule has 0 aliphatic carbocycles. The molecule has 5 nitrogen and oxygen atoms in total. The molecule has 0 aromatic heterocycles. The number of rotatable bonds is 9. The van der Waals surface area contributed by atoms with Crippen LogP contribution in [0, 0.1) is 5.92 Å². The molecule has 0 heterocycles. The zero-order valence-corrected chi connectivity index (χ0v) is 13.2. The van der Waals surface area contributed by atoms with Crippen molar-refractivity contribution >= 4 is 11.9 Å². The smallest absolute Gasteiger partial charge is 0.337 e. The number of carbonyl (C=O) groups is 2. The molecular formula is C17H24O5. The van der Waals surface area contributed by atoms with Crippen molar-refractivity contribution < 1.29 is 24.2 Å².